The lowest BCUT2D eigenvalue weighted by Crippen LogP contribution is -2.45. The van der Waals surface area contributed by atoms with Crippen LogP contribution < -0.4 is 10.6 Å². The van der Waals surface area contributed by atoms with Crippen LogP contribution in [0, 0.1) is 11.8 Å². The van der Waals surface area contributed by atoms with E-state index in [0.29, 0.717) is 28.5 Å². The molecule has 5 heteroatoms. The van der Waals surface area contributed by atoms with Gasteiger partial charge in [-0.05, 0) is 43.6 Å². The number of urea groups is 1. The smallest absolute Gasteiger partial charge is 0.315 e. The third kappa shape index (κ3) is 3.89. The van der Waals surface area contributed by atoms with E-state index in [9.17, 15) is 9.90 Å². The van der Waals surface area contributed by atoms with E-state index in [0.717, 1.165) is 0 Å². The van der Waals surface area contributed by atoms with Crippen molar-refractivity contribution in [2.24, 2.45) is 11.8 Å². The minimum Gasteiger partial charge on any atom is -0.387 e. The predicted octanol–water partition coefficient (Wildman–Crippen LogP) is 2.86. The zero-order valence-corrected chi connectivity index (χ0v) is 12.6. The summed E-state index contributed by atoms with van der Waals surface area (Å²) < 4.78 is 0. The first-order chi connectivity index (χ1) is 10.1. The Labute approximate surface area is 129 Å². The Morgan fingerprint density at radius 2 is 1.86 bits per heavy atom. The van der Waals surface area contributed by atoms with Gasteiger partial charge < -0.3 is 15.7 Å². The predicted molar refractivity (Wildman–Crippen MR) is 82.2 cm³/mol. The molecule has 2 fully saturated rings. The fraction of sp³-hybridized carbons (Fsp3) is 0.562. The molecule has 0 aromatic heterocycles. The molecule has 0 aliphatic heterocycles. The monoisotopic (exact) mass is 308 g/mol. The van der Waals surface area contributed by atoms with E-state index in [-0.39, 0.29) is 12.6 Å². The summed E-state index contributed by atoms with van der Waals surface area (Å²) in [5.41, 5.74) is 0.639. The largest absolute Gasteiger partial charge is 0.387 e. The second-order valence-corrected chi connectivity index (χ2v) is 6.50. The van der Waals surface area contributed by atoms with Crippen molar-refractivity contribution < 1.29 is 9.90 Å². The van der Waals surface area contributed by atoms with Crippen LogP contribution in [-0.4, -0.2) is 23.7 Å². The second-order valence-electron chi connectivity index (χ2n) is 6.09. The summed E-state index contributed by atoms with van der Waals surface area (Å²) in [5.74, 6) is 1.33. The standard InChI is InChI=1S/C16H21ClN2O2/c17-13-4-2-1-3-12(13)14(20)9-18-16(21)19-15(10-5-6-10)11-7-8-11/h1-4,10-11,14-15,20H,5-9H2,(H2,18,19,21). The molecule has 3 rings (SSSR count). The number of rotatable bonds is 6. The molecule has 0 saturated heterocycles. The molecule has 1 aromatic carbocycles. The SMILES string of the molecule is O=C(NCC(O)c1ccccc1Cl)NC(C1CC1)C1CC1. The summed E-state index contributed by atoms with van der Waals surface area (Å²) in [6.07, 6.45) is 4.12. The Morgan fingerprint density at radius 1 is 1.24 bits per heavy atom. The number of carbonyl (C=O) groups excluding carboxylic acids is 1. The summed E-state index contributed by atoms with van der Waals surface area (Å²) >= 11 is 6.03. The number of nitrogens with one attached hydrogen (secondary N) is 2. The molecule has 2 aliphatic rings. The van der Waals surface area contributed by atoms with Gasteiger partial charge in [-0.15, -0.1) is 0 Å². The molecule has 114 valence electrons. The lowest BCUT2D eigenvalue weighted by atomic mass is 10.1. The van der Waals surface area contributed by atoms with Crippen molar-refractivity contribution in [2.75, 3.05) is 6.54 Å². The second kappa shape index (κ2) is 6.24. The third-order valence-electron chi connectivity index (χ3n) is 4.28. The van der Waals surface area contributed by atoms with Crippen LogP contribution in [0.4, 0.5) is 4.79 Å². The molecule has 1 unspecified atom stereocenters. The summed E-state index contributed by atoms with van der Waals surface area (Å²) in [6.45, 7) is 0.164. The average molecular weight is 309 g/mol. The number of amides is 2. The number of halogens is 1. The van der Waals surface area contributed by atoms with Gasteiger partial charge in [0.15, 0.2) is 0 Å². The zero-order valence-electron chi connectivity index (χ0n) is 11.9. The van der Waals surface area contributed by atoms with Gasteiger partial charge in [0.05, 0.1) is 6.10 Å². The topological polar surface area (TPSA) is 61.4 Å². The van der Waals surface area contributed by atoms with Crippen LogP contribution in [0.15, 0.2) is 24.3 Å². The van der Waals surface area contributed by atoms with Gasteiger partial charge in [0, 0.05) is 23.2 Å². The Morgan fingerprint density at radius 3 is 2.43 bits per heavy atom. The quantitative estimate of drug-likeness (QED) is 0.757. The molecule has 3 N–H and O–H groups in total. The van der Waals surface area contributed by atoms with Crippen molar-refractivity contribution in [3.05, 3.63) is 34.9 Å². The number of carbonyl (C=O) groups is 1. The van der Waals surface area contributed by atoms with Crippen molar-refractivity contribution in [1.29, 1.82) is 0 Å². The van der Waals surface area contributed by atoms with Gasteiger partial charge in [-0.25, -0.2) is 4.79 Å². The minimum absolute atomic E-state index is 0.164. The Kier molecular flexibility index (Phi) is 4.36. The highest BCUT2D eigenvalue weighted by Gasteiger charge is 2.42. The average Bonchev–Trinajstić information content (AvgIpc) is 3.36. The fourth-order valence-electron chi connectivity index (χ4n) is 2.78. The van der Waals surface area contributed by atoms with Gasteiger partial charge in [0.2, 0.25) is 0 Å². The molecular weight excluding hydrogens is 288 g/mol. The molecule has 4 nitrogen and oxygen atoms in total. The van der Waals surface area contributed by atoms with Crippen molar-refractivity contribution in [3.8, 4) is 0 Å². The van der Waals surface area contributed by atoms with Crippen LogP contribution in [0.5, 0.6) is 0 Å². The van der Waals surface area contributed by atoms with Gasteiger partial charge in [-0.1, -0.05) is 29.8 Å². The first kappa shape index (κ1) is 14.7. The summed E-state index contributed by atoms with van der Waals surface area (Å²) in [5, 5.41) is 16.4. The highest BCUT2D eigenvalue weighted by atomic mass is 35.5. The third-order valence-corrected chi connectivity index (χ3v) is 4.62. The number of benzene rings is 1. The molecular formula is C16H21ClN2O2. The van der Waals surface area contributed by atoms with Crippen molar-refractivity contribution in [1.82, 2.24) is 10.6 Å². The van der Waals surface area contributed by atoms with E-state index in [1.54, 1.807) is 12.1 Å². The lowest BCUT2D eigenvalue weighted by Gasteiger charge is -2.19. The molecule has 0 spiro atoms. The Balaban J connectivity index is 1.48. The number of hydrogen-bond donors (Lipinski definition) is 3. The maximum atomic E-state index is 12.0. The molecule has 2 aliphatic carbocycles. The molecule has 0 heterocycles. The fourth-order valence-corrected chi connectivity index (χ4v) is 3.04. The van der Waals surface area contributed by atoms with Crippen molar-refractivity contribution in [3.63, 3.8) is 0 Å². The van der Waals surface area contributed by atoms with E-state index >= 15 is 0 Å². The van der Waals surface area contributed by atoms with Crippen molar-refractivity contribution in [2.45, 2.75) is 37.8 Å². The van der Waals surface area contributed by atoms with Crippen LogP contribution in [0.25, 0.3) is 0 Å². The van der Waals surface area contributed by atoms with Gasteiger partial charge in [-0.3, -0.25) is 0 Å². The highest BCUT2D eigenvalue weighted by molar-refractivity contribution is 6.31. The first-order valence-electron chi connectivity index (χ1n) is 7.62. The minimum atomic E-state index is -0.787. The van der Waals surface area contributed by atoms with E-state index in [1.165, 1.54) is 25.7 Å². The van der Waals surface area contributed by atoms with Gasteiger partial charge >= 0.3 is 6.03 Å². The van der Waals surface area contributed by atoms with E-state index in [1.807, 2.05) is 12.1 Å². The van der Waals surface area contributed by atoms with Crippen LogP contribution in [0.2, 0.25) is 5.02 Å². The molecule has 1 aromatic rings. The lowest BCUT2D eigenvalue weighted by molar-refractivity contribution is 0.172. The molecule has 21 heavy (non-hydrogen) atoms. The molecule has 1 atom stereocenters. The Hall–Kier alpha value is -1.26. The van der Waals surface area contributed by atoms with E-state index in [2.05, 4.69) is 10.6 Å². The maximum Gasteiger partial charge on any atom is 0.315 e. The van der Waals surface area contributed by atoms with E-state index in [4.69, 9.17) is 11.6 Å². The number of aliphatic hydroxyl groups is 1. The highest BCUT2D eigenvalue weighted by Crippen LogP contribution is 2.44. The maximum absolute atomic E-state index is 12.0. The van der Waals surface area contributed by atoms with Gasteiger partial charge in [-0.2, -0.15) is 0 Å². The van der Waals surface area contributed by atoms with Gasteiger partial charge in [0.25, 0.3) is 0 Å². The van der Waals surface area contributed by atoms with E-state index < -0.39 is 6.10 Å². The number of aliphatic hydroxyl groups excluding tert-OH is 1. The normalized spacial score (nSPS) is 19.4. The van der Waals surface area contributed by atoms with Crippen LogP contribution >= 0.6 is 11.6 Å². The van der Waals surface area contributed by atoms with Gasteiger partial charge in [0.1, 0.15) is 0 Å². The summed E-state index contributed by atoms with van der Waals surface area (Å²) in [7, 11) is 0. The zero-order chi connectivity index (χ0) is 14.8. The molecule has 0 radical (unpaired) electrons. The molecule has 2 amide bonds. The molecule has 0 bridgehead atoms. The first-order valence-corrected chi connectivity index (χ1v) is 8.00. The van der Waals surface area contributed by atoms with Crippen LogP contribution in [0.3, 0.4) is 0 Å². The van der Waals surface area contributed by atoms with Crippen LogP contribution in [0.1, 0.15) is 37.4 Å². The summed E-state index contributed by atoms with van der Waals surface area (Å²) in [6, 6.07) is 7.27. The summed E-state index contributed by atoms with van der Waals surface area (Å²) in [4.78, 5) is 12.0. The van der Waals surface area contributed by atoms with Crippen LogP contribution in [-0.2, 0) is 0 Å². The number of hydrogen-bond acceptors (Lipinski definition) is 2. The molecule has 2 saturated carbocycles. The van der Waals surface area contributed by atoms with Crippen molar-refractivity contribution >= 4 is 17.6 Å². The Bertz CT molecular complexity index is 503.